The van der Waals surface area contributed by atoms with Crippen LogP contribution in [0.5, 0.6) is 17.2 Å². The Morgan fingerprint density at radius 2 is 1.58 bits per heavy atom. The molecule has 1 heterocycles. The highest BCUT2D eigenvalue weighted by Gasteiger charge is 2.31. The molecule has 0 N–H and O–H groups in total. The molecule has 0 amide bonds. The Balaban J connectivity index is 1.34. The average Bonchev–Trinajstić information content (AvgIpc) is 3.30. The topological polar surface area (TPSA) is 80.0 Å². The van der Waals surface area contributed by atoms with Crippen LogP contribution in [0.15, 0.2) is 77.2 Å². The fourth-order valence-corrected chi connectivity index (χ4v) is 3.97. The first-order valence-corrected chi connectivity index (χ1v) is 12.6. The van der Waals surface area contributed by atoms with E-state index in [4.69, 9.17) is 28.3 Å². The van der Waals surface area contributed by atoms with Gasteiger partial charge in [-0.25, -0.2) is 9.78 Å². The first-order chi connectivity index (χ1) is 18.3. The van der Waals surface area contributed by atoms with Crippen LogP contribution in [0.4, 0.5) is 0 Å². The van der Waals surface area contributed by atoms with E-state index in [0.717, 1.165) is 33.9 Å². The van der Waals surface area contributed by atoms with Crippen LogP contribution in [-0.2, 0) is 16.0 Å². The van der Waals surface area contributed by atoms with Gasteiger partial charge in [-0.1, -0.05) is 30.3 Å². The van der Waals surface area contributed by atoms with Crippen LogP contribution in [0.3, 0.4) is 0 Å². The Hall–Kier alpha value is -4.26. The monoisotopic (exact) mass is 515 g/mol. The second-order valence-electron chi connectivity index (χ2n) is 9.20. The number of para-hydroxylation sites is 1. The summed E-state index contributed by atoms with van der Waals surface area (Å²) in [5.41, 5.74) is 2.77. The molecule has 198 valence electrons. The second kappa shape index (κ2) is 11.9. The van der Waals surface area contributed by atoms with Gasteiger partial charge in [0.15, 0.2) is 5.60 Å². The largest absolute Gasteiger partial charge is 0.496 e. The fourth-order valence-electron chi connectivity index (χ4n) is 3.97. The van der Waals surface area contributed by atoms with Gasteiger partial charge in [-0.15, -0.1) is 0 Å². The van der Waals surface area contributed by atoms with Crippen LogP contribution >= 0.6 is 0 Å². The van der Waals surface area contributed by atoms with Gasteiger partial charge in [-0.3, -0.25) is 0 Å². The molecule has 7 nitrogen and oxygen atoms in total. The number of hydrogen-bond donors (Lipinski definition) is 0. The van der Waals surface area contributed by atoms with Gasteiger partial charge in [-0.05, 0) is 75.7 Å². The van der Waals surface area contributed by atoms with Crippen LogP contribution in [0, 0.1) is 6.92 Å². The lowest BCUT2D eigenvalue weighted by Gasteiger charge is -2.24. The zero-order valence-electron chi connectivity index (χ0n) is 22.4. The average molecular weight is 516 g/mol. The predicted octanol–water partition coefficient (Wildman–Crippen LogP) is 6.67. The summed E-state index contributed by atoms with van der Waals surface area (Å²) in [6, 6.07) is 23.2. The number of aromatic nitrogens is 1. The van der Waals surface area contributed by atoms with Gasteiger partial charge < -0.3 is 23.4 Å². The first-order valence-electron chi connectivity index (χ1n) is 12.6. The summed E-state index contributed by atoms with van der Waals surface area (Å²) in [4.78, 5) is 16.7. The highest BCUT2D eigenvalue weighted by Crippen LogP contribution is 2.31. The lowest BCUT2D eigenvalue weighted by Crippen LogP contribution is -2.39. The number of esters is 1. The summed E-state index contributed by atoms with van der Waals surface area (Å²) < 4.78 is 28.2. The van der Waals surface area contributed by atoms with Gasteiger partial charge in [0.25, 0.3) is 0 Å². The number of hydrogen-bond acceptors (Lipinski definition) is 7. The van der Waals surface area contributed by atoms with E-state index in [1.54, 1.807) is 52.1 Å². The molecule has 4 rings (SSSR count). The smallest absolute Gasteiger partial charge is 0.349 e. The number of aryl methyl sites for hydroxylation is 1. The van der Waals surface area contributed by atoms with E-state index in [0.29, 0.717) is 37.0 Å². The third-order valence-electron chi connectivity index (χ3n) is 6.01. The van der Waals surface area contributed by atoms with Crippen molar-refractivity contribution in [1.29, 1.82) is 0 Å². The molecule has 38 heavy (non-hydrogen) atoms. The number of rotatable bonds is 11. The molecule has 1 aromatic heterocycles. The Kier molecular flexibility index (Phi) is 8.36. The summed E-state index contributed by atoms with van der Waals surface area (Å²) in [7, 11) is 1.67. The van der Waals surface area contributed by atoms with E-state index >= 15 is 0 Å². The van der Waals surface area contributed by atoms with Gasteiger partial charge in [0.2, 0.25) is 5.89 Å². The Labute approximate surface area is 223 Å². The molecule has 0 bridgehead atoms. The molecular formula is C31H33NO6. The number of carbonyl (C=O) groups is 1. The molecule has 0 aliphatic carbocycles. The third kappa shape index (κ3) is 6.35. The van der Waals surface area contributed by atoms with E-state index in [1.807, 2.05) is 55.5 Å². The van der Waals surface area contributed by atoms with Gasteiger partial charge in [0, 0.05) is 17.5 Å². The standard InChI is InChI=1S/C31H33NO6/c1-6-35-30(33)31(3,4)38-25-17-15-24(16-18-25)36-20-19-27-21(2)37-29(32-27)23-13-11-22(12-14-23)26-9-7-8-10-28(26)34-5/h7-18H,6,19-20H2,1-5H3. The van der Waals surface area contributed by atoms with E-state index in [2.05, 4.69) is 0 Å². The van der Waals surface area contributed by atoms with Gasteiger partial charge >= 0.3 is 5.97 Å². The molecule has 0 radical (unpaired) electrons. The molecule has 0 saturated carbocycles. The maximum atomic E-state index is 12.0. The van der Waals surface area contributed by atoms with Crippen LogP contribution in [0.25, 0.3) is 22.6 Å². The molecular weight excluding hydrogens is 482 g/mol. The Bertz CT molecular complexity index is 1360. The van der Waals surface area contributed by atoms with Crippen LogP contribution in [-0.4, -0.2) is 36.9 Å². The van der Waals surface area contributed by atoms with Crippen LogP contribution in [0.2, 0.25) is 0 Å². The van der Waals surface area contributed by atoms with Crippen molar-refractivity contribution >= 4 is 5.97 Å². The quantitative estimate of drug-likeness (QED) is 0.206. The summed E-state index contributed by atoms with van der Waals surface area (Å²) >= 11 is 0. The van der Waals surface area contributed by atoms with E-state index in [1.165, 1.54) is 0 Å². The number of benzene rings is 3. The fraction of sp³-hybridized carbons (Fsp3) is 0.290. The lowest BCUT2D eigenvalue weighted by atomic mass is 10.0. The predicted molar refractivity (Wildman–Crippen MR) is 146 cm³/mol. The van der Waals surface area contributed by atoms with Crippen molar-refractivity contribution in [2.75, 3.05) is 20.3 Å². The molecule has 0 aliphatic heterocycles. The van der Waals surface area contributed by atoms with Crippen molar-refractivity contribution in [3.63, 3.8) is 0 Å². The van der Waals surface area contributed by atoms with Gasteiger partial charge in [0.1, 0.15) is 23.0 Å². The molecule has 7 heteroatoms. The molecule has 0 unspecified atom stereocenters. The number of ether oxygens (including phenoxy) is 4. The minimum Gasteiger partial charge on any atom is -0.496 e. The maximum Gasteiger partial charge on any atom is 0.349 e. The third-order valence-corrected chi connectivity index (χ3v) is 6.01. The van der Waals surface area contributed by atoms with Crippen molar-refractivity contribution < 1.29 is 28.2 Å². The maximum absolute atomic E-state index is 12.0. The summed E-state index contributed by atoms with van der Waals surface area (Å²) in [6.45, 7) is 7.78. The van der Waals surface area contributed by atoms with Crippen molar-refractivity contribution in [3.8, 4) is 39.8 Å². The Morgan fingerprint density at radius 3 is 2.26 bits per heavy atom. The molecule has 0 spiro atoms. The van der Waals surface area contributed by atoms with E-state index < -0.39 is 11.6 Å². The van der Waals surface area contributed by atoms with Gasteiger partial charge in [-0.2, -0.15) is 0 Å². The van der Waals surface area contributed by atoms with Crippen molar-refractivity contribution in [1.82, 2.24) is 4.98 Å². The number of carbonyl (C=O) groups excluding carboxylic acids is 1. The van der Waals surface area contributed by atoms with Gasteiger partial charge in [0.05, 0.1) is 26.0 Å². The summed E-state index contributed by atoms with van der Waals surface area (Å²) in [5.74, 6) is 3.02. The second-order valence-corrected chi connectivity index (χ2v) is 9.20. The molecule has 0 saturated heterocycles. The number of oxazole rings is 1. The zero-order chi connectivity index (χ0) is 27.1. The highest BCUT2D eigenvalue weighted by molar-refractivity contribution is 5.79. The van der Waals surface area contributed by atoms with Crippen LogP contribution in [0.1, 0.15) is 32.2 Å². The van der Waals surface area contributed by atoms with Crippen LogP contribution < -0.4 is 14.2 Å². The molecule has 0 fully saturated rings. The summed E-state index contributed by atoms with van der Waals surface area (Å²) in [5, 5.41) is 0. The van der Waals surface area contributed by atoms with Crippen molar-refractivity contribution in [2.45, 2.75) is 39.7 Å². The minimum absolute atomic E-state index is 0.307. The minimum atomic E-state index is -1.07. The lowest BCUT2D eigenvalue weighted by molar-refractivity contribution is -0.158. The number of methoxy groups -OCH3 is 1. The SMILES string of the molecule is CCOC(=O)C(C)(C)Oc1ccc(OCCc2nc(-c3ccc(-c4ccccc4OC)cc3)oc2C)cc1. The van der Waals surface area contributed by atoms with Crippen molar-refractivity contribution in [3.05, 3.63) is 84.3 Å². The highest BCUT2D eigenvalue weighted by atomic mass is 16.6. The molecule has 0 atom stereocenters. The molecule has 4 aromatic rings. The van der Waals surface area contributed by atoms with E-state index in [-0.39, 0.29) is 0 Å². The van der Waals surface area contributed by atoms with E-state index in [9.17, 15) is 4.79 Å². The molecule has 0 aliphatic rings. The first kappa shape index (κ1) is 26.8. The normalized spacial score (nSPS) is 11.2. The molecule has 3 aromatic carbocycles. The van der Waals surface area contributed by atoms with Crippen molar-refractivity contribution in [2.24, 2.45) is 0 Å². The number of nitrogens with zero attached hydrogens (tertiary/aromatic N) is 1. The summed E-state index contributed by atoms with van der Waals surface area (Å²) in [6.07, 6.45) is 0.600. The Morgan fingerprint density at radius 1 is 0.921 bits per heavy atom. The zero-order valence-corrected chi connectivity index (χ0v) is 22.4.